The first-order valence-electron chi connectivity index (χ1n) is 6.04. The predicted octanol–water partition coefficient (Wildman–Crippen LogP) is 2.87. The van der Waals surface area contributed by atoms with Crippen LogP contribution in [0.2, 0.25) is 0 Å². The smallest absolute Gasteiger partial charge is 0.213 e. The van der Waals surface area contributed by atoms with Crippen molar-refractivity contribution in [3.8, 4) is 5.88 Å². The molecule has 3 heteroatoms. The van der Waals surface area contributed by atoms with E-state index in [1.54, 1.807) is 6.20 Å². The third-order valence-electron chi connectivity index (χ3n) is 2.83. The lowest BCUT2D eigenvalue weighted by Gasteiger charge is -2.14. The number of pyridine rings is 1. The Hall–Kier alpha value is -1.87. The monoisotopic (exact) mass is 243 g/mol. The molecular weight excluding hydrogens is 226 g/mol. The second-order valence-corrected chi connectivity index (χ2v) is 4.13. The van der Waals surface area contributed by atoms with Crippen molar-refractivity contribution in [2.75, 3.05) is 6.61 Å². The van der Waals surface area contributed by atoms with E-state index in [1.165, 1.54) is 0 Å². The van der Waals surface area contributed by atoms with Gasteiger partial charge in [0.2, 0.25) is 5.88 Å². The molecule has 0 aliphatic rings. The van der Waals surface area contributed by atoms with E-state index in [-0.39, 0.29) is 0 Å². The normalized spacial score (nSPS) is 12.2. The summed E-state index contributed by atoms with van der Waals surface area (Å²) in [7, 11) is 0. The molecule has 0 bridgehead atoms. The molecule has 0 radical (unpaired) electrons. The fourth-order valence-electron chi connectivity index (χ4n) is 1.87. The Morgan fingerprint density at radius 1 is 1.28 bits per heavy atom. The number of aromatic nitrogens is 1. The Labute approximate surface area is 107 Å². The van der Waals surface area contributed by atoms with Crippen LogP contribution in [0.5, 0.6) is 5.88 Å². The number of aliphatic hydroxyl groups excluding tert-OH is 1. The Kier molecular flexibility index (Phi) is 3.95. The van der Waals surface area contributed by atoms with Gasteiger partial charge in [0, 0.05) is 17.8 Å². The van der Waals surface area contributed by atoms with Crippen molar-refractivity contribution in [2.45, 2.75) is 20.0 Å². The summed E-state index contributed by atoms with van der Waals surface area (Å²) >= 11 is 0. The maximum absolute atomic E-state index is 10.3. The first kappa shape index (κ1) is 12.6. The Morgan fingerprint density at radius 3 is 2.61 bits per heavy atom. The largest absolute Gasteiger partial charge is 0.478 e. The average molecular weight is 243 g/mol. The first-order chi connectivity index (χ1) is 8.72. The van der Waals surface area contributed by atoms with Crippen molar-refractivity contribution in [1.29, 1.82) is 0 Å². The zero-order chi connectivity index (χ0) is 13.0. The van der Waals surface area contributed by atoms with Gasteiger partial charge >= 0.3 is 0 Å². The summed E-state index contributed by atoms with van der Waals surface area (Å²) in [5.41, 5.74) is 2.65. The Bertz CT molecular complexity index is 511. The van der Waals surface area contributed by atoms with Gasteiger partial charge in [-0.2, -0.15) is 0 Å². The molecule has 94 valence electrons. The summed E-state index contributed by atoms with van der Waals surface area (Å²) in [6.07, 6.45) is 1.03. The third kappa shape index (κ3) is 2.68. The molecule has 0 aliphatic heterocycles. The van der Waals surface area contributed by atoms with E-state index >= 15 is 0 Å². The standard InChI is InChI=1S/C15H17NO2/c1-3-18-14-9-11(2)13(10-16-14)15(17)12-7-5-4-6-8-12/h4-10,15,17H,3H2,1-2H3/t15-/m0/s1. The maximum atomic E-state index is 10.3. The van der Waals surface area contributed by atoms with Crippen LogP contribution in [-0.4, -0.2) is 16.7 Å². The number of aryl methyl sites for hydroxylation is 1. The van der Waals surface area contributed by atoms with Gasteiger partial charge in [-0.1, -0.05) is 30.3 Å². The van der Waals surface area contributed by atoms with Gasteiger partial charge in [-0.05, 0) is 25.0 Å². The van der Waals surface area contributed by atoms with E-state index in [2.05, 4.69) is 4.98 Å². The number of benzene rings is 1. The summed E-state index contributed by atoms with van der Waals surface area (Å²) < 4.78 is 5.33. The van der Waals surface area contributed by atoms with E-state index in [0.717, 1.165) is 16.7 Å². The maximum Gasteiger partial charge on any atom is 0.213 e. The molecule has 0 saturated heterocycles. The van der Waals surface area contributed by atoms with Crippen LogP contribution in [0.3, 0.4) is 0 Å². The minimum absolute atomic E-state index is 0.590. The Balaban J connectivity index is 2.28. The van der Waals surface area contributed by atoms with E-state index in [9.17, 15) is 5.11 Å². The molecule has 0 amide bonds. The minimum Gasteiger partial charge on any atom is -0.478 e. The molecule has 2 rings (SSSR count). The van der Waals surface area contributed by atoms with E-state index in [0.29, 0.717) is 12.5 Å². The number of ether oxygens (including phenoxy) is 1. The van der Waals surface area contributed by atoms with Gasteiger partial charge in [-0.15, -0.1) is 0 Å². The van der Waals surface area contributed by atoms with Crippen LogP contribution in [0.15, 0.2) is 42.6 Å². The van der Waals surface area contributed by atoms with Crippen LogP contribution >= 0.6 is 0 Å². The Morgan fingerprint density at radius 2 is 2.00 bits per heavy atom. The van der Waals surface area contributed by atoms with Crippen LogP contribution in [0.25, 0.3) is 0 Å². The summed E-state index contributed by atoms with van der Waals surface area (Å²) in [6.45, 7) is 4.46. The molecule has 0 spiro atoms. The van der Waals surface area contributed by atoms with Crippen LogP contribution in [-0.2, 0) is 0 Å². The van der Waals surface area contributed by atoms with Crippen molar-refractivity contribution >= 4 is 0 Å². The SMILES string of the molecule is CCOc1cc(C)c([C@@H](O)c2ccccc2)cn1. The van der Waals surface area contributed by atoms with Crippen molar-refractivity contribution in [2.24, 2.45) is 0 Å². The molecule has 1 aromatic heterocycles. The lowest BCUT2D eigenvalue weighted by molar-refractivity contribution is 0.218. The van der Waals surface area contributed by atoms with Crippen molar-refractivity contribution in [3.05, 3.63) is 59.3 Å². The topological polar surface area (TPSA) is 42.4 Å². The summed E-state index contributed by atoms with van der Waals surface area (Å²) in [5.74, 6) is 0.596. The highest BCUT2D eigenvalue weighted by Gasteiger charge is 2.13. The number of hydrogen-bond acceptors (Lipinski definition) is 3. The van der Waals surface area contributed by atoms with Gasteiger partial charge in [-0.25, -0.2) is 4.98 Å². The van der Waals surface area contributed by atoms with Gasteiger partial charge in [0.25, 0.3) is 0 Å². The van der Waals surface area contributed by atoms with Crippen molar-refractivity contribution in [3.63, 3.8) is 0 Å². The second kappa shape index (κ2) is 5.65. The van der Waals surface area contributed by atoms with Gasteiger partial charge < -0.3 is 9.84 Å². The molecule has 1 atom stereocenters. The van der Waals surface area contributed by atoms with Crippen LogP contribution < -0.4 is 4.74 Å². The summed E-state index contributed by atoms with van der Waals surface area (Å²) in [4.78, 5) is 4.19. The average Bonchev–Trinajstić information content (AvgIpc) is 2.40. The molecule has 0 fully saturated rings. The quantitative estimate of drug-likeness (QED) is 0.897. The molecule has 1 aromatic carbocycles. The number of hydrogen-bond donors (Lipinski definition) is 1. The number of aliphatic hydroxyl groups is 1. The summed E-state index contributed by atoms with van der Waals surface area (Å²) in [5, 5.41) is 10.3. The van der Waals surface area contributed by atoms with E-state index in [4.69, 9.17) is 4.74 Å². The minimum atomic E-state index is -0.644. The molecule has 2 aromatic rings. The molecular formula is C15H17NO2. The van der Waals surface area contributed by atoms with Gasteiger partial charge in [0.1, 0.15) is 6.10 Å². The van der Waals surface area contributed by atoms with Crippen molar-refractivity contribution < 1.29 is 9.84 Å². The van der Waals surface area contributed by atoms with Gasteiger partial charge in [-0.3, -0.25) is 0 Å². The zero-order valence-electron chi connectivity index (χ0n) is 10.6. The lowest BCUT2D eigenvalue weighted by Crippen LogP contribution is -2.04. The van der Waals surface area contributed by atoms with E-state index in [1.807, 2.05) is 50.2 Å². The van der Waals surface area contributed by atoms with Crippen LogP contribution in [0, 0.1) is 6.92 Å². The summed E-state index contributed by atoms with van der Waals surface area (Å²) in [6, 6.07) is 11.4. The van der Waals surface area contributed by atoms with Gasteiger partial charge in [0.05, 0.1) is 6.61 Å². The van der Waals surface area contributed by atoms with Crippen molar-refractivity contribution in [1.82, 2.24) is 4.98 Å². The van der Waals surface area contributed by atoms with Crippen LogP contribution in [0.1, 0.15) is 29.7 Å². The predicted molar refractivity (Wildman–Crippen MR) is 70.6 cm³/mol. The number of rotatable bonds is 4. The molecule has 1 N–H and O–H groups in total. The highest BCUT2D eigenvalue weighted by atomic mass is 16.5. The van der Waals surface area contributed by atoms with E-state index < -0.39 is 6.10 Å². The fourth-order valence-corrected chi connectivity index (χ4v) is 1.87. The van der Waals surface area contributed by atoms with Gasteiger partial charge in [0.15, 0.2) is 0 Å². The molecule has 0 saturated carbocycles. The zero-order valence-corrected chi connectivity index (χ0v) is 10.6. The second-order valence-electron chi connectivity index (χ2n) is 4.13. The lowest BCUT2D eigenvalue weighted by atomic mass is 9.99. The number of nitrogens with zero attached hydrogens (tertiary/aromatic N) is 1. The molecule has 3 nitrogen and oxygen atoms in total. The molecule has 0 aliphatic carbocycles. The molecule has 1 heterocycles. The molecule has 0 unspecified atom stereocenters. The molecule has 18 heavy (non-hydrogen) atoms. The highest BCUT2D eigenvalue weighted by molar-refractivity contribution is 5.35. The fraction of sp³-hybridized carbons (Fsp3) is 0.267. The van der Waals surface area contributed by atoms with Crippen LogP contribution in [0.4, 0.5) is 0 Å². The highest BCUT2D eigenvalue weighted by Crippen LogP contribution is 2.25. The first-order valence-corrected chi connectivity index (χ1v) is 6.04. The third-order valence-corrected chi connectivity index (χ3v) is 2.83.